The van der Waals surface area contributed by atoms with E-state index in [-0.39, 0.29) is 0 Å². The molecule has 100 valence electrons. The molecule has 2 unspecified atom stereocenters. The van der Waals surface area contributed by atoms with Gasteiger partial charge in [-0.15, -0.1) is 0 Å². The number of hydrogen-bond acceptors (Lipinski definition) is 4. The Labute approximate surface area is 109 Å². The summed E-state index contributed by atoms with van der Waals surface area (Å²) in [6, 6.07) is 0.581. The predicted molar refractivity (Wildman–Crippen MR) is 75.7 cm³/mol. The summed E-state index contributed by atoms with van der Waals surface area (Å²) in [6.07, 6.45) is 3.81. The molecule has 1 aromatic heterocycles. The fraction of sp³-hybridized carbons (Fsp3) is 0.714. The van der Waals surface area contributed by atoms with Crippen molar-refractivity contribution in [3.8, 4) is 0 Å². The lowest BCUT2D eigenvalue weighted by Crippen LogP contribution is -2.13. The topological polar surface area (TPSA) is 63.8 Å². The molecule has 2 atom stereocenters. The molecule has 1 saturated carbocycles. The van der Waals surface area contributed by atoms with Crippen LogP contribution < -0.4 is 11.1 Å². The highest BCUT2D eigenvalue weighted by Gasteiger charge is 2.36. The summed E-state index contributed by atoms with van der Waals surface area (Å²) in [7, 11) is 0. The number of hydrogen-bond donors (Lipinski definition) is 2. The third-order valence-corrected chi connectivity index (χ3v) is 3.62. The zero-order chi connectivity index (χ0) is 13.3. The van der Waals surface area contributed by atoms with Gasteiger partial charge in [0, 0.05) is 17.5 Å². The molecule has 3 N–H and O–H groups in total. The highest BCUT2D eigenvalue weighted by atomic mass is 15.1. The van der Waals surface area contributed by atoms with Crippen LogP contribution in [0.1, 0.15) is 57.3 Å². The lowest BCUT2D eigenvalue weighted by molar-refractivity contribution is 0.691. The molecule has 0 spiro atoms. The van der Waals surface area contributed by atoms with Crippen LogP contribution in [0.25, 0.3) is 0 Å². The monoisotopic (exact) mass is 248 g/mol. The first kappa shape index (κ1) is 13.1. The van der Waals surface area contributed by atoms with Crippen LogP contribution in [0.2, 0.25) is 0 Å². The molecular weight excluding hydrogens is 224 g/mol. The van der Waals surface area contributed by atoms with E-state index in [1.807, 2.05) is 6.92 Å². The molecule has 0 aromatic carbocycles. The van der Waals surface area contributed by atoms with Crippen molar-refractivity contribution in [3.05, 3.63) is 11.4 Å². The van der Waals surface area contributed by atoms with Gasteiger partial charge in [0.1, 0.15) is 17.5 Å². The number of nitrogens with two attached hydrogens (primary N) is 1. The van der Waals surface area contributed by atoms with Gasteiger partial charge in [-0.1, -0.05) is 27.2 Å². The van der Waals surface area contributed by atoms with E-state index in [2.05, 4.69) is 36.1 Å². The van der Waals surface area contributed by atoms with E-state index in [1.165, 1.54) is 19.3 Å². The molecule has 0 radical (unpaired) electrons. The third kappa shape index (κ3) is 2.74. The van der Waals surface area contributed by atoms with Gasteiger partial charge in [0.2, 0.25) is 0 Å². The van der Waals surface area contributed by atoms with Crippen molar-refractivity contribution in [1.29, 1.82) is 0 Å². The van der Waals surface area contributed by atoms with E-state index < -0.39 is 0 Å². The summed E-state index contributed by atoms with van der Waals surface area (Å²) in [5, 5.41) is 3.52. The van der Waals surface area contributed by atoms with E-state index in [0.29, 0.717) is 17.8 Å². The van der Waals surface area contributed by atoms with Crippen molar-refractivity contribution in [2.45, 2.75) is 58.9 Å². The second kappa shape index (κ2) is 5.12. The van der Waals surface area contributed by atoms with Gasteiger partial charge in [-0.2, -0.15) is 0 Å². The number of nitrogens with zero attached hydrogens (tertiary/aromatic N) is 2. The first-order valence-corrected chi connectivity index (χ1v) is 6.93. The quantitative estimate of drug-likeness (QED) is 0.840. The van der Waals surface area contributed by atoms with Gasteiger partial charge >= 0.3 is 0 Å². The van der Waals surface area contributed by atoms with Crippen LogP contribution in [0.15, 0.2) is 0 Å². The molecule has 0 amide bonds. The van der Waals surface area contributed by atoms with Crippen molar-refractivity contribution in [2.24, 2.45) is 5.92 Å². The SMILES string of the molecule is CCCC1CC1Nc1nc(C(C)C)nc(N)c1C. The van der Waals surface area contributed by atoms with Crippen LogP contribution in [0.4, 0.5) is 11.6 Å². The zero-order valence-corrected chi connectivity index (χ0v) is 11.8. The number of anilines is 2. The molecular formula is C14H24N4. The minimum atomic E-state index is 0.305. The Morgan fingerprint density at radius 1 is 1.39 bits per heavy atom. The van der Waals surface area contributed by atoms with Crippen LogP contribution in [0, 0.1) is 12.8 Å². The van der Waals surface area contributed by atoms with Crippen LogP contribution in [-0.4, -0.2) is 16.0 Å². The Bertz CT molecular complexity index is 428. The van der Waals surface area contributed by atoms with Crippen molar-refractivity contribution >= 4 is 11.6 Å². The molecule has 18 heavy (non-hydrogen) atoms. The normalized spacial score (nSPS) is 22.3. The molecule has 0 aliphatic heterocycles. The minimum absolute atomic E-state index is 0.305. The van der Waals surface area contributed by atoms with E-state index in [0.717, 1.165) is 23.1 Å². The van der Waals surface area contributed by atoms with Gasteiger partial charge < -0.3 is 11.1 Å². The highest BCUT2D eigenvalue weighted by molar-refractivity contribution is 5.56. The fourth-order valence-corrected chi connectivity index (χ4v) is 2.24. The van der Waals surface area contributed by atoms with E-state index in [1.54, 1.807) is 0 Å². The number of nitrogens with one attached hydrogen (secondary N) is 1. The van der Waals surface area contributed by atoms with Gasteiger partial charge in [-0.25, -0.2) is 9.97 Å². The number of nitrogen functional groups attached to an aromatic ring is 1. The molecule has 4 heteroatoms. The predicted octanol–water partition coefficient (Wildman–Crippen LogP) is 3.09. The van der Waals surface area contributed by atoms with Crippen LogP contribution >= 0.6 is 0 Å². The van der Waals surface area contributed by atoms with E-state index in [4.69, 9.17) is 5.73 Å². The summed E-state index contributed by atoms with van der Waals surface area (Å²) >= 11 is 0. The molecule has 2 rings (SSSR count). The van der Waals surface area contributed by atoms with E-state index >= 15 is 0 Å². The largest absolute Gasteiger partial charge is 0.383 e. The summed E-state index contributed by atoms with van der Waals surface area (Å²) in [5.41, 5.74) is 6.93. The lowest BCUT2D eigenvalue weighted by Gasteiger charge is -2.13. The molecule has 1 aliphatic carbocycles. The molecule has 1 aliphatic rings. The van der Waals surface area contributed by atoms with Crippen LogP contribution in [0.3, 0.4) is 0 Å². The molecule has 1 heterocycles. The molecule has 4 nitrogen and oxygen atoms in total. The molecule has 0 bridgehead atoms. The van der Waals surface area contributed by atoms with Gasteiger partial charge in [0.25, 0.3) is 0 Å². The Morgan fingerprint density at radius 3 is 2.72 bits per heavy atom. The third-order valence-electron chi connectivity index (χ3n) is 3.62. The average Bonchev–Trinajstić information content (AvgIpc) is 3.03. The second-order valence-corrected chi connectivity index (χ2v) is 5.63. The van der Waals surface area contributed by atoms with Crippen molar-refractivity contribution in [1.82, 2.24) is 9.97 Å². The van der Waals surface area contributed by atoms with Crippen molar-refractivity contribution < 1.29 is 0 Å². The van der Waals surface area contributed by atoms with Crippen molar-refractivity contribution in [3.63, 3.8) is 0 Å². The lowest BCUT2D eigenvalue weighted by atomic mass is 10.2. The van der Waals surface area contributed by atoms with Gasteiger partial charge in [-0.3, -0.25) is 0 Å². The summed E-state index contributed by atoms with van der Waals surface area (Å²) in [4.78, 5) is 8.95. The molecule has 1 aromatic rings. The Kier molecular flexibility index (Phi) is 3.73. The standard InChI is InChI=1S/C14H24N4/c1-5-6-10-7-11(10)16-14-9(4)12(15)17-13(18-14)8(2)3/h8,10-11H,5-7H2,1-4H3,(H3,15,16,17,18). The van der Waals surface area contributed by atoms with Gasteiger partial charge in [0.05, 0.1) is 0 Å². The van der Waals surface area contributed by atoms with Crippen molar-refractivity contribution in [2.75, 3.05) is 11.1 Å². The average molecular weight is 248 g/mol. The van der Waals surface area contributed by atoms with Gasteiger partial charge in [0.15, 0.2) is 0 Å². The summed E-state index contributed by atoms with van der Waals surface area (Å²) in [6.45, 7) is 8.40. The Morgan fingerprint density at radius 2 is 2.11 bits per heavy atom. The maximum absolute atomic E-state index is 5.96. The number of aromatic nitrogens is 2. The maximum Gasteiger partial charge on any atom is 0.135 e. The fourth-order valence-electron chi connectivity index (χ4n) is 2.24. The summed E-state index contributed by atoms with van der Waals surface area (Å²) < 4.78 is 0. The summed E-state index contributed by atoms with van der Waals surface area (Å²) in [5.74, 6) is 3.47. The van der Waals surface area contributed by atoms with Gasteiger partial charge in [-0.05, 0) is 25.7 Å². The Hall–Kier alpha value is -1.32. The smallest absolute Gasteiger partial charge is 0.135 e. The minimum Gasteiger partial charge on any atom is -0.383 e. The zero-order valence-electron chi connectivity index (χ0n) is 11.8. The highest BCUT2D eigenvalue weighted by Crippen LogP contribution is 2.37. The first-order chi connectivity index (χ1) is 8.52. The van der Waals surface area contributed by atoms with E-state index in [9.17, 15) is 0 Å². The second-order valence-electron chi connectivity index (χ2n) is 5.63. The Balaban J connectivity index is 2.12. The van der Waals surface area contributed by atoms with Crippen LogP contribution in [-0.2, 0) is 0 Å². The first-order valence-electron chi connectivity index (χ1n) is 6.93. The number of rotatable bonds is 5. The molecule has 0 saturated heterocycles. The van der Waals surface area contributed by atoms with Crippen LogP contribution in [0.5, 0.6) is 0 Å². The molecule has 1 fully saturated rings. The maximum atomic E-state index is 5.96.